The Kier molecular flexibility index (Phi) is 5.16. The van der Waals surface area contributed by atoms with E-state index in [0.29, 0.717) is 28.8 Å². The molecule has 0 spiro atoms. The van der Waals surface area contributed by atoms with Crippen LogP contribution < -0.4 is 5.32 Å². The highest BCUT2D eigenvalue weighted by Crippen LogP contribution is 2.45. The third kappa shape index (κ3) is 3.86. The van der Waals surface area contributed by atoms with Crippen LogP contribution in [0, 0.1) is 18.2 Å². The van der Waals surface area contributed by atoms with Gasteiger partial charge >= 0.3 is 0 Å². The average molecular weight is 449 g/mol. The Labute approximate surface area is 191 Å². The molecule has 3 aromatic rings. The minimum Gasteiger partial charge on any atom is -0.328 e. The standard InChI is InChI=1S/C25H25FN4OS/c1-15-8-10-16(11-9-15)22-21-19(12-25(2,3)13-20(21)31)27-23-28-24(29-30(22)23)32-14-17-6-4-5-7-18(17)26/h4-11,22H,12-14H2,1-3H3,(H,27,28,29)/t22-/m1/s1. The van der Waals surface area contributed by atoms with E-state index < -0.39 is 0 Å². The minimum atomic E-state index is -0.319. The lowest BCUT2D eigenvalue weighted by Gasteiger charge is -2.38. The molecule has 0 amide bonds. The van der Waals surface area contributed by atoms with Crippen LogP contribution >= 0.6 is 11.8 Å². The summed E-state index contributed by atoms with van der Waals surface area (Å²) in [6, 6.07) is 14.6. The Bertz CT molecular complexity index is 1230. The van der Waals surface area contributed by atoms with E-state index in [4.69, 9.17) is 5.10 Å². The van der Waals surface area contributed by atoms with Crippen molar-refractivity contribution >= 4 is 23.5 Å². The van der Waals surface area contributed by atoms with Crippen LogP contribution in [0.2, 0.25) is 0 Å². The molecule has 32 heavy (non-hydrogen) atoms. The lowest BCUT2D eigenvalue weighted by Crippen LogP contribution is -2.36. The van der Waals surface area contributed by atoms with Crippen LogP contribution in [0.1, 0.15) is 49.4 Å². The second kappa shape index (κ2) is 7.89. The van der Waals surface area contributed by atoms with Gasteiger partial charge in [-0.3, -0.25) is 4.79 Å². The number of anilines is 1. The zero-order valence-electron chi connectivity index (χ0n) is 18.4. The van der Waals surface area contributed by atoms with Gasteiger partial charge in [0.1, 0.15) is 11.9 Å². The van der Waals surface area contributed by atoms with Crippen LogP contribution in [-0.4, -0.2) is 20.5 Å². The first kappa shape index (κ1) is 20.9. The number of benzene rings is 2. The van der Waals surface area contributed by atoms with Crippen molar-refractivity contribution in [3.63, 3.8) is 0 Å². The van der Waals surface area contributed by atoms with Gasteiger partial charge in [-0.25, -0.2) is 9.07 Å². The van der Waals surface area contributed by atoms with Crippen molar-refractivity contribution in [1.82, 2.24) is 14.8 Å². The summed E-state index contributed by atoms with van der Waals surface area (Å²) in [4.78, 5) is 17.9. The molecule has 2 heterocycles. The largest absolute Gasteiger partial charge is 0.328 e. The predicted octanol–water partition coefficient (Wildman–Crippen LogP) is 5.68. The van der Waals surface area contributed by atoms with Gasteiger partial charge in [-0.05, 0) is 36.0 Å². The van der Waals surface area contributed by atoms with Crippen molar-refractivity contribution in [2.24, 2.45) is 5.41 Å². The SMILES string of the molecule is Cc1ccc([C@@H]2C3=C(CC(C)(C)CC3=O)Nc3nc(SCc4ccccc4F)nn32)cc1. The van der Waals surface area contributed by atoms with Gasteiger partial charge in [0.2, 0.25) is 11.1 Å². The van der Waals surface area contributed by atoms with Gasteiger partial charge in [0.05, 0.1) is 0 Å². The lowest BCUT2D eigenvalue weighted by atomic mass is 9.73. The monoisotopic (exact) mass is 448 g/mol. The van der Waals surface area contributed by atoms with Crippen LogP contribution in [-0.2, 0) is 10.5 Å². The fraction of sp³-hybridized carbons (Fsp3) is 0.320. The van der Waals surface area contributed by atoms with Gasteiger partial charge in [0.25, 0.3) is 0 Å². The number of rotatable bonds is 4. The smallest absolute Gasteiger partial charge is 0.227 e. The molecule has 1 aliphatic carbocycles. The van der Waals surface area contributed by atoms with Gasteiger partial charge in [-0.2, -0.15) is 4.98 Å². The number of halogens is 1. The number of hydrogen-bond donors (Lipinski definition) is 1. The molecule has 5 nitrogen and oxygen atoms in total. The molecule has 1 atom stereocenters. The normalized spacial score (nSPS) is 19.4. The highest BCUT2D eigenvalue weighted by molar-refractivity contribution is 7.98. The zero-order chi connectivity index (χ0) is 22.5. The van der Waals surface area contributed by atoms with Gasteiger partial charge in [0.15, 0.2) is 5.78 Å². The lowest BCUT2D eigenvalue weighted by molar-refractivity contribution is -0.118. The molecular weight excluding hydrogens is 423 g/mol. The quantitative estimate of drug-likeness (QED) is 0.521. The van der Waals surface area contributed by atoms with Crippen LogP contribution in [0.25, 0.3) is 0 Å². The highest BCUT2D eigenvalue weighted by atomic mass is 32.2. The number of Topliss-reactive ketones (excluding diaryl/α,β-unsaturated/α-hetero) is 1. The van der Waals surface area contributed by atoms with E-state index >= 15 is 0 Å². The number of nitrogens with zero attached hydrogens (tertiary/aromatic N) is 3. The summed E-state index contributed by atoms with van der Waals surface area (Å²) in [5.41, 5.74) is 4.38. The van der Waals surface area contributed by atoms with Gasteiger partial charge in [-0.15, -0.1) is 5.10 Å². The molecular formula is C25H25FN4OS. The summed E-state index contributed by atoms with van der Waals surface area (Å²) in [7, 11) is 0. The zero-order valence-corrected chi connectivity index (χ0v) is 19.2. The molecule has 1 N–H and O–H groups in total. The number of aryl methyl sites for hydroxylation is 1. The molecule has 2 aromatic carbocycles. The average Bonchev–Trinajstić information content (AvgIpc) is 3.14. The van der Waals surface area contributed by atoms with Crippen molar-refractivity contribution < 1.29 is 9.18 Å². The fourth-order valence-corrected chi connectivity index (χ4v) is 5.28. The Morgan fingerprint density at radius 3 is 2.66 bits per heavy atom. The number of nitrogens with one attached hydrogen (secondary N) is 1. The summed E-state index contributed by atoms with van der Waals surface area (Å²) in [5.74, 6) is 0.973. The molecule has 1 aliphatic heterocycles. The Morgan fingerprint density at radius 2 is 1.91 bits per heavy atom. The first-order valence-corrected chi connectivity index (χ1v) is 11.7. The molecule has 164 valence electrons. The van der Waals surface area contributed by atoms with Crippen LogP contribution in [0.4, 0.5) is 10.3 Å². The number of fused-ring (bicyclic) bond motifs is 1. The maximum Gasteiger partial charge on any atom is 0.227 e. The summed E-state index contributed by atoms with van der Waals surface area (Å²) < 4.78 is 15.8. The molecule has 0 bridgehead atoms. The number of carbonyl (C=O) groups is 1. The van der Waals surface area contributed by atoms with E-state index in [1.165, 1.54) is 17.8 Å². The predicted molar refractivity (Wildman–Crippen MR) is 124 cm³/mol. The molecule has 0 saturated carbocycles. The van der Waals surface area contributed by atoms with Gasteiger partial charge in [-0.1, -0.05) is 73.6 Å². The van der Waals surface area contributed by atoms with Crippen LogP contribution in [0.3, 0.4) is 0 Å². The van der Waals surface area contributed by atoms with Crippen LogP contribution in [0.15, 0.2) is 65.0 Å². The Hall–Kier alpha value is -2.93. The van der Waals surface area contributed by atoms with Crippen molar-refractivity contribution in [1.29, 1.82) is 0 Å². The van der Waals surface area contributed by atoms with Crippen molar-refractivity contribution in [2.45, 2.75) is 50.6 Å². The third-order valence-electron chi connectivity index (χ3n) is 6.02. The van der Waals surface area contributed by atoms with Crippen LogP contribution in [0.5, 0.6) is 0 Å². The van der Waals surface area contributed by atoms with Crippen molar-refractivity contribution in [3.8, 4) is 0 Å². The number of allylic oxidation sites excluding steroid dienone is 2. The molecule has 2 aliphatic rings. The van der Waals surface area contributed by atoms with Crippen molar-refractivity contribution in [2.75, 3.05) is 5.32 Å². The number of hydrogen-bond acceptors (Lipinski definition) is 5. The molecule has 5 rings (SSSR count). The van der Waals surface area contributed by atoms with Gasteiger partial charge < -0.3 is 5.32 Å². The van der Waals surface area contributed by atoms with E-state index in [2.05, 4.69) is 48.4 Å². The molecule has 0 radical (unpaired) electrons. The van der Waals surface area contributed by atoms with Gasteiger partial charge in [0, 0.05) is 23.4 Å². The second-order valence-electron chi connectivity index (χ2n) is 9.31. The summed E-state index contributed by atoms with van der Waals surface area (Å²) in [6.07, 6.45) is 1.29. The van der Waals surface area contributed by atoms with Crippen molar-refractivity contribution in [3.05, 3.63) is 82.3 Å². The molecule has 1 aromatic heterocycles. The van der Waals surface area contributed by atoms with E-state index in [9.17, 15) is 9.18 Å². The molecule has 0 saturated heterocycles. The second-order valence-corrected chi connectivity index (χ2v) is 10.3. The topological polar surface area (TPSA) is 59.8 Å². The minimum absolute atomic E-state index is 0.106. The molecule has 0 unspecified atom stereocenters. The third-order valence-corrected chi connectivity index (χ3v) is 6.91. The van der Waals surface area contributed by atoms with E-state index in [-0.39, 0.29) is 23.1 Å². The van der Waals surface area contributed by atoms with E-state index in [0.717, 1.165) is 28.8 Å². The number of carbonyl (C=O) groups excluding carboxylic acids is 1. The first-order chi connectivity index (χ1) is 15.3. The maximum absolute atomic E-state index is 14.0. The first-order valence-electron chi connectivity index (χ1n) is 10.7. The van der Waals surface area contributed by atoms with E-state index in [1.54, 1.807) is 12.1 Å². The van der Waals surface area contributed by atoms with E-state index in [1.807, 2.05) is 17.7 Å². The molecule has 0 fully saturated rings. The number of ketones is 1. The highest BCUT2D eigenvalue weighted by Gasteiger charge is 2.41. The summed E-state index contributed by atoms with van der Waals surface area (Å²) in [5, 5.41) is 8.68. The summed E-state index contributed by atoms with van der Waals surface area (Å²) in [6.45, 7) is 6.28. The summed E-state index contributed by atoms with van der Waals surface area (Å²) >= 11 is 1.39. The Balaban J connectivity index is 1.53. The Morgan fingerprint density at radius 1 is 1.16 bits per heavy atom. The number of thioether (sulfide) groups is 1. The molecule has 7 heteroatoms. The number of aromatic nitrogens is 3. The fourth-order valence-electron chi connectivity index (χ4n) is 4.47. The maximum atomic E-state index is 14.0.